The van der Waals surface area contributed by atoms with Crippen LogP contribution in [-0.4, -0.2) is 14.8 Å². The summed E-state index contributed by atoms with van der Waals surface area (Å²) in [5.41, 5.74) is 6.09. The topological polar surface area (TPSA) is 56.7 Å². The van der Waals surface area contributed by atoms with E-state index in [4.69, 9.17) is 5.73 Å². The molecule has 1 fully saturated rings. The van der Waals surface area contributed by atoms with Crippen LogP contribution in [0.4, 0.5) is 0 Å². The van der Waals surface area contributed by atoms with E-state index in [1.807, 2.05) is 11.7 Å². The number of nitrogens with zero attached hydrogens (tertiary/aromatic N) is 3. The third kappa shape index (κ3) is 1.80. The second-order valence-corrected chi connectivity index (χ2v) is 4.12. The van der Waals surface area contributed by atoms with Gasteiger partial charge in [-0.25, -0.2) is 4.98 Å². The molecule has 1 saturated carbocycles. The van der Waals surface area contributed by atoms with Crippen LogP contribution >= 0.6 is 0 Å². The number of hydrogen-bond acceptors (Lipinski definition) is 3. The van der Waals surface area contributed by atoms with Crippen LogP contribution in [0.5, 0.6) is 0 Å². The van der Waals surface area contributed by atoms with E-state index in [0.29, 0.717) is 5.92 Å². The molecule has 1 unspecified atom stereocenters. The normalized spacial score (nSPS) is 18.5. The molecule has 4 nitrogen and oxygen atoms in total. The molecule has 1 atom stereocenters. The summed E-state index contributed by atoms with van der Waals surface area (Å²) in [4.78, 5) is 4.49. The summed E-state index contributed by atoms with van der Waals surface area (Å²) < 4.78 is 1.84. The van der Waals surface area contributed by atoms with Crippen LogP contribution in [0.2, 0.25) is 0 Å². The molecular weight excluding hydrogens is 176 g/mol. The first-order valence-corrected chi connectivity index (χ1v) is 5.37. The fraction of sp³-hybridized carbons (Fsp3) is 0.800. The minimum atomic E-state index is 0.0955. The van der Waals surface area contributed by atoms with Crippen molar-refractivity contribution in [2.75, 3.05) is 0 Å². The number of aromatic nitrogens is 3. The Kier molecular flexibility index (Phi) is 2.54. The van der Waals surface area contributed by atoms with Crippen molar-refractivity contribution in [1.82, 2.24) is 14.8 Å². The van der Waals surface area contributed by atoms with Crippen molar-refractivity contribution in [3.05, 3.63) is 11.6 Å². The molecule has 1 aliphatic rings. The molecule has 2 N–H and O–H groups in total. The zero-order valence-corrected chi connectivity index (χ0v) is 8.90. The minimum Gasteiger partial charge on any atom is -0.321 e. The molecule has 4 heteroatoms. The molecule has 0 bridgehead atoms. The van der Waals surface area contributed by atoms with Gasteiger partial charge >= 0.3 is 0 Å². The monoisotopic (exact) mass is 194 g/mol. The van der Waals surface area contributed by atoms with Gasteiger partial charge in [0.1, 0.15) is 5.82 Å². The standard InChI is InChI=1S/C10H18N4/c1-3-4-8-12-10(14(2)13-8)9(11)7-5-6-7/h7,9H,3-6,11H2,1-2H3. The maximum Gasteiger partial charge on any atom is 0.151 e. The van der Waals surface area contributed by atoms with Crippen molar-refractivity contribution in [2.45, 2.75) is 38.6 Å². The summed E-state index contributed by atoms with van der Waals surface area (Å²) in [5.74, 6) is 2.53. The average molecular weight is 194 g/mol. The zero-order chi connectivity index (χ0) is 10.1. The summed E-state index contributed by atoms with van der Waals surface area (Å²) in [6.07, 6.45) is 4.53. The maximum absolute atomic E-state index is 6.09. The lowest BCUT2D eigenvalue weighted by atomic mass is 10.2. The van der Waals surface area contributed by atoms with Gasteiger partial charge in [0.15, 0.2) is 5.82 Å². The maximum atomic E-state index is 6.09. The van der Waals surface area contributed by atoms with Crippen LogP contribution in [-0.2, 0) is 13.5 Å². The first-order valence-electron chi connectivity index (χ1n) is 5.37. The van der Waals surface area contributed by atoms with Crippen molar-refractivity contribution in [3.63, 3.8) is 0 Å². The van der Waals surface area contributed by atoms with Gasteiger partial charge < -0.3 is 5.73 Å². The van der Waals surface area contributed by atoms with Crippen molar-refractivity contribution in [2.24, 2.45) is 18.7 Å². The van der Waals surface area contributed by atoms with E-state index in [1.54, 1.807) is 0 Å². The van der Waals surface area contributed by atoms with Gasteiger partial charge in [-0.15, -0.1) is 0 Å². The van der Waals surface area contributed by atoms with E-state index >= 15 is 0 Å². The Labute approximate surface area is 84.5 Å². The van der Waals surface area contributed by atoms with Crippen molar-refractivity contribution in [1.29, 1.82) is 0 Å². The van der Waals surface area contributed by atoms with Crippen molar-refractivity contribution >= 4 is 0 Å². The molecule has 0 spiro atoms. The molecule has 0 radical (unpaired) electrons. The fourth-order valence-electron chi connectivity index (χ4n) is 1.74. The summed E-state index contributed by atoms with van der Waals surface area (Å²) in [7, 11) is 1.93. The molecule has 14 heavy (non-hydrogen) atoms. The second-order valence-electron chi connectivity index (χ2n) is 4.12. The highest BCUT2D eigenvalue weighted by Gasteiger charge is 2.32. The van der Waals surface area contributed by atoms with Crippen LogP contribution in [0.15, 0.2) is 0 Å². The lowest BCUT2D eigenvalue weighted by Gasteiger charge is -2.07. The number of nitrogens with two attached hydrogens (primary N) is 1. The fourth-order valence-corrected chi connectivity index (χ4v) is 1.74. The second kappa shape index (κ2) is 3.69. The Balaban J connectivity index is 2.15. The quantitative estimate of drug-likeness (QED) is 0.783. The van der Waals surface area contributed by atoms with E-state index in [1.165, 1.54) is 12.8 Å². The van der Waals surface area contributed by atoms with Gasteiger partial charge in [0.25, 0.3) is 0 Å². The highest BCUT2D eigenvalue weighted by molar-refractivity contribution is 5.03. The Bertz CT molecular complexity index is 314. The minimum absolute atomic E-state index is 0.0955. The average Bonchev–Trinajstić information content (AvgIpc) is 2.91. The Morgan fingerprint density at radius 2 is 2.29 bits per heavy atom. The van der Waals surface area contributed by atoms with E-state index in [0.717, 1.165) is 24.5 Å². The third-order valence-electron chi connectivity index (χ3n) is 2.74. The summed E-state index contributed by atoms with van der Waals surface area (Å²) in [5, 5.41) is 4.36. The molecule has 1 aromatic heterocycles. The molecular formula is C10H18N4. The van der Waals surface area contributed by atoms with Crippen LogP contribution in [0, 0.1) is 5.92 Å². The molecule has 1 aromatic rings. The molecule has 0 aliphatic heterocycles. The highest BCUT2D eigenvalue weighted by Crippen LogP contribution is 2.38. The smallest absolute Gasteiger partial charge is 0.151 e. The molecule has 1 heterocycles. The highest BCUT2D eigenvalue weighted by atomic mass is 15.3. The van der Waals surface area contributed by atoms with Gasteiger partial charge in [0, 0.05) is 13.5 Å². The van der Waals surface area contributed by atoms with E-state index in [2.05, 4.69) is 17.0 Å². The van der Waals surface area contributed by atoms with Crippen molar-refractivity contribution < 1.29 is 0 Å². The van der Waals surface area contributed by atoms with Crippen LogP contribution < -0.4 is 5.73 Å². The molecule has 0 aromatic carbocycles. The largest absolute Gasteiger partial charge is 0.321 e. The lowest BCUT2D eigenvalue weighted by Crippen LogP contribution is -2.17. The summed E-state index contributed by atoms with van der Waals surface area (Å²) in [6, 6.07) is 0.0955. The predicted molar refractivity (Wildman–Crippen MR) is 54.7 cm³/mol. The molecule has 0 saturated heterocycles. The number of aryl methyl sites for hydroxylation is 2. The van der Waals surface area contributed by atoms with Gasteiger partial charge in [-0.2, -0.15) is 5.10 Å². The van der Waals surface area contributed by atoms with Gasteiger partial charge in [-0.3, -0.25) is 4.68 Å². The molecule has 78 valence electrons. The Hall–Kier alpha value is -0.900. The first-order chi connectivity index (χ1) is 6.72. The molecule has 2 rings (SSSR count). The summed E-state index contributed by atoms with van der Waals surface area (Å²) >= 11 is 0. The van der Waals surface area contributed by atoms with Gasteiger partial charge in [0.05, 0.1) is 6.04 Å². The number of hydrogen-bond donors (Lipinski definition) is 1. The predicted octanol–water partition coefficient (Wildman–Crippen LogP) is 1.18. The lowest BCUT2D eigenvalue weighted by molar-refractivity contribution is 0.551. The van der Waals surface area contributed by atoms with Crippen LogP contribution in [0.25, 0.3) is 0 Å². The van der Waals surface area contributed by atoms with Gasteiger partial charge in [-0.05, 0) is 25.2 Å². The van der Waals surface area contributed by atoms with Gasteiger partial charge in [0.2, 0.25) is 0 Å². The first kappa shape index (κ1) is 9.65. The van der Waals surface area contributed by atoms with Crippen molar-refractivity contribution in [3.8, 4) is 0 Å². The molecule has 0 amide bonds. The van der Waals surface area contributed by atoms with E-state index in [9.17, 15) is 0 Å². The summed E-state index contributed by atoms with van der Waals surface area (Å²) in [6.45, 7) is 2.14. The number of rotatable bonds is 4. The van der Waals surface area contributed by atoms with Crippen LogP contribution in [0.1, 0.15) is 43.9 Å². The Morgan fingerprint density at radius 3 is 2.86 bits per heavy atom. The van der Waals surface area contributed by atoms with Gasteiger partial charge in [-0.1, -0.05) is 6.92 Å². The van der Waals surface area contributed by atoms with E-state index < -0.39 is 0 Å². The van der Waals surface area contributed by atoms with E-state index in [-0.39, 0.29) is 6.04 Å². The SMILES string of the molecule is CCCc1nc(C(N)C2CC2)n(C)n1. The molecule has 1 aliphatic carbocycles. The third-order valence-corrected chi connectivity index (χ3v) is 2.74. The zero-order valence-electron chi connectivity index (χ0n) is 8.90. The van der Waals surface area contributed by atoms with Crippen LogP contribution in [0.3, 0.4) is 0 Å². The Morgan fingerprint density at radius 1 is 1.57 bits per heavy atom.